The lowest BCUT2D eigenvalue weighted by molar-refractivity contribution is 0.332. The normalized spacial score (nSPS) is 13.5. The zero-order valence-electron chi connectivity index (χ0n) is 9.49. The molecule has 14 heavy (non-hydrogen) atoms. The van der Waals surface area contributed by atoms with Gasteiger partial charge in [0.15, 0.2) is 0 Å². The van der Waals surface area contributed by atoms with Crippen molar-refractivity contribution in [1.82, 2.24) is 19.8 Å². The molecule has 0 radical (unpaired) electrons. The van der Waals surface area contributed by atoms with Gasteiger partial charge in [0.25, 0.3) is 0 Å². The zero-order valence-corrected chi connectivity index (χ0v) is 9.49. The molecule has 0 aliphatic heterocycles. The number of hydrogen-bond acceptors (Lipinski definition) is 3. The van der Waals surface area contributed by atoms with E-state index in [-0.39, 0.29) is 0 Å². The van der Waals surface area contributed by atoms with Gasteiger partial charge in [-0.25, -0.2) is 4.98 Å². The minimum Gasteiger partial charge on any atom is -0.329 e. The summed E-state index contributed by atoms with van der Waals surface area (Å²) in [4.78, 5) is 6.36. The van der Waals surface area contributed by atoms with Gasteiger partial charge >= 0.3 is 0 Å². The molecule has 0 saturated carbocycles. The summed E-state index contributed by atoms with van der Waals surface area (Å²) in [6, 6.07) is 0.468. The third kappa shape index (κ3) is 2.82. The van der Waals surface area contributed by atoms with Gasteiger partial charge in [-0.1, -0.05) is 0 Å². The van der Waals surface area contributed by atoms with Crippen molar-refractivity contribution in [3.8, 4) is 0 Å². The van der Waals surface area contributed by atoms with Gasteiger partial charge in [-0.05, 0) is 28.1 Å². The monoisotopic (exact) mass is 196 g/mol. The molecule has 0 aliphatic carbocycles. The third-order valence-corrected chi connectivity index (χ3v) is 2.21. The predicted molar refractivity (Wildman–Crippen MR) is 58.3 cm³/mol. The standard InChI is InChI=1S/C10H20N4/c1-9(7-13(3)4)14-8-12-6-10(14)5-11-2/h6,8-9,11H,5,7H2,1-4H3. The van der Waals surface area contributed by atoms with Crippen LogP contribution in [0.2, 0.25) is 0 Å². The Bertz CT molecular complexity index is 267. The van der Waals surface area contributed by atoms with Crippen LogP contribution in [-0.4, -0.2) is 42.1 Å². The van der Waals surface area contributed by atoms with Crippen LogP contribution in [0, 0.1) is 0 Å². The van der Waals surface area contributed by atoms with Crippen LogP contribution in [-0.2, 0) is 6.54 Å². The number of likely N-dealkylation sites (N-methyl/N-ethyl adjacent to an activating group) is 1. The van der Waals surface area contributed by atoms with E-state index < -0.39 is 0 Å². The van der Waals surface area contributed by atoms with Crippen molar-refractivity contribution in [2.45, 2.75) is 19.5 Å². The Morgan fingerprint density at radius 2 is 2.29 bits per heavy atom. The minimum atomic E-state index is 0.468. The number of imidazole rings is 1. The Morgan fingerprint density at radius 1 is 1.57 bits per heavy atom. The van der Waals surface area contributed by atoms with Gasteiger partial charge in [-0.2, -0.15) is 0 Å². The molecule has 1 N–H and O–H groups in total. The van der Waals surface area contributed by atoms with Crippen molar-refractivity contribution >= 4 is 0 Å². The molecule has 80 valence electrons. The van der Waals surface area contributed by atoms with E-state index >= 15 is 0 Å². The van der Waals surface area contributed by atoms with Gasteiger partial charge in [-0.3, -0.25) is 0 Å². The van der Waals surface area contributed by atoms with Gasteiger partial charge in [-0.15, -0.1) is 0 Å². The average Bonchev–Trinajstić information content (AvgIpc) is 2.51. The molecular weight excluding hydrogens is 176 g/mol. The first-order valence-electron chi connectivity index (χ1n) is 4.95. The van der Waals surface area contributed by atoms with Crippen molar-refractivity contribution in [2.24, 2.45) is 0 Å². The largest absolute Gasteiger partial charge is 0.329 e. The second kappa shape index (κ2) is 5.12. The van der Waals surface area contributed by atoms with Gasteiger partial charge in [0, 0.05) is 25.3 Å². The van der Waals surface area contributed by atoms with Gasteiger partial charge < -0.3 is 14.8 Å². The SMILES string of the molecule is CNCc1cncn1C(C)CN(C)C. The first-order valence-corrected chi connectivity index (χ1v) is 4.95. The van der Waals surface area contributed by atoms with E-state index in [9.17, 15) is 0 Å². The molecule has 1 atom stereocenters. The lowest BCUT2D eigenvalue weighted by Crippen LogP contribution is -2.24. The topological polar surface area (TPSA) is 33.1 Å². The molecule has 1 rings (SSSR count). The predicted octanol–water partition coefficient (Wildman–Crippen LogP) is 0.725. The smallest absolute Gasteiger partial charge is 0.0951 e. The molecular formula is C10H20N4. The van der Waals surface area contributed by atoms with E-state index in [0.29, 0.717) is 6.04 Å². The Morgan fingerprint density at radius 3 is 2.86 bits per heavy atom. The summed E-state index contributed by atoms with van der Waals surface area (Å²) < 4.78 is 2.22. The Kier molecular flexibility index (Phi) is 4.10. The fourth-order valence-electron chi connectivity index (χ4n) is 1.66. The van der Waals surface area contributed by atoms with Crippen LogP contribution in [0.25, 0.3) is 0 Å². The maximum Gasteiger partial charge on any atom is 0.0951 e. The fourth-order valence-corrected chi connectivity index (χ4v) is 1.66. The van der Waals surface area contributed by atoms with Crippen molar-refractivity contribution in [3.63, 3.8) is 0 Å². The van der Waals surface area contributed by atoms with Crippen molar-refractivity contribution in [3.05, 3.63) is 18.2 Å². The molecule has 4 heteroatoms. The van der Waals surface area contributed by atoms with Crippen LogP contribution in [0.1, 0.15) is 18.7 Å². The Hall–Kier alpha value is -0.870. The van der Waals surface area contributed by atoms with E-state index in [1.54, 1.807) is 0 Å². The summed E-state index contributed by atoms with van der Waals surface area (Å²) in [7, 11) is 6.13. The maximum atomic E-state index is 4.17. The molecule has 1 aromatic heterocycles. The molecule has 0 aromatic carbocycles. The van der Waals surface area contributed by atoms with Crippen LogP contribution in [0.3, 0.4) is 0 Å². The molecule has 0 bridgehead atoms. The van der Waals surface area contributed by atoms with Crippen LogP contribution < -0.4 is 5.32 Å². The van der Waals surface area contributed by atoms with Crippen molar-refractivity contribution < 1.29 is 0 Å². The van der Waals surface area contributed by atoms with Gasteiger partial charge in [0.2, 0.25) is 0 Å². The highest BCUT2D eigenvalue weighted by atomic mass is 15.1. The summed E-state index contributed by atoms with van der Waals surface area (Å²) in [5.74, 6) is 0. The summed E-state index contributed by atoms with van der Waals surface area (Å²) in [5, 5.41) is 3.14. The highest BCUT2D eigenvalue weighted by Gasteiger charge is 2.09. The molecule has 0 spiro atoms. The molecule has 1 aromatic rings. The summed E-state index contributed by atoms with van der Waals surface area (Å²) >= 11 is 0. The molecule has 0 amide bonds. The van der Waals surface area contributed by atoms with Crippen LogP contribution >= 0.6 is 0 Å². The molecule has 0 aliphatic rings. The highest BCUT2D eigenvalue weighted by Crippen LogP contribution is 2.10. The quantitative estimate of drug-likeness (QED) is 0.753. The minimum absolute atomic E-state index is 0.468. The van der Waals surface area contributed by atoms with E-state index in [4.69, 9.17) is 0 Å². The Labute approximate surface area is 85.9 Å². The van der Waals surface area contributed by atoms with Crippen LogP contribution in [0.15, 0.2) is 12.5 Å². The van der Waals surface area contributed by atoms with Crippen LogP contribution in [0.5, 0.6) is 0 Å². The third-order valence-electron chi connectivity index (χ3n) is 2.21. The van der Waals surface area contributed by atoms with Crippen LogP contribution in [0.4, 0.5) is 0 Å². The molecule has 4 nitrogen and oxygen atoms in total. The van der Waals surface area contributed by atoms with E-state index in [0.717, 1.165) is 13.1 Å². The zero-order chi connectivity index (χ0) is 10.6. The number of rotatable bonds is 5. The summed E-state index contributed by atoms with van der Waals surface area (Å²) in [6.07, 6.45) is 3.82. The number of hydrogen-bond donors (Lipinski definition) is 1. The Balaban J connectivity index is 2.68. The molecule has 1 unspecified atom stereocenters. The van der Waals surface area contributed by atoms with E-state index in [1.165, 1.54) is 5.69 Å². The number of aromatic nitrogens is 2. The summed E-state index contributed by atoms with van der Waals surface area (Å²) in [6.45, 7) is 4.12. The second-order valence-corrected chi connectivity index (χ2v) is 3.93. The van der Waals surface area contributed by atoms with Gasteiger partial charge in [0.05, 0.1) is 12.0 Å². The first-order chi connectivity index (χ1) is 6.65. The lowest BCUT2D eigenvalue weighted by Gasteiger charge is -2.20. The second-order valence-electron chi connectivity index (χ2n) is 3.93. The van der Waals surface area contributed by atoms with Crippen molar-refractivity contribution in [1.29, 1.82) is 0 Å². The molecule has 0 fully saturated rings. The molecule has 1 heterocycles. The van der Waals surface area contributed by atoms with E-state index in [1.807, 2.05) is 19.6 Å². The maximum absolute atomic E-state index is 4.17. The first kappa shape index (κ1) is 11.2. The average molecular weight is 196 g/mol. The highest BCUT2D eigenvalue weighted by molar-refractivity contribution is 4.99. The number of nitrogens with zero attached hydrogens (tertiary/aromatic N) is 3. The van der Waals surface area contributed by atoms with Gasteiger partial charge in [0.1, 0.15) is 0 Å². The molecule has 0 saturated heterocycles. The van der Waals surface area contributed by atoms with E-state index in [2.05, 4.69) is 40.8 Å². The fraction of sp³-hybridized carbons (Fsp3) is 0.700. The van der Waals surface area contributed by atoms with Crippen molar-refractivity contribution in [2.75, 3.05) is 27.7 Å². The summed E-state index contributed by atoms with van der Waals surface area (Å²) in [5.41, 5.74) is 1.24. The number of nitrogens with one attached hydrogen (secondary N) is 1. The lowest BCUT2D eigenvalue weighted by atomic mass is 10.3.